The molecule has 0 radical (unpaired) electrons. The number of rotatable bonds is 1. The fraction of sp³-hybridized carbons (Fsp3) is 0.333. The molecule has 102 valence electrons. The first kappa shape index (κ1) is 11.8. The second kappa shape index (κ2) is 3.55. The number of ether oxygens (including phenoxy) is 1. The molecule has 0 aliphatic carbocycles. The summed E-state index contributed by atoms with van der Waals surface area (Å²) in [6.45, 7) is 1.80. The fourth-order valence-corrected chi connectivity index (χ4v) is 3.52. The molecule has 2 amide bonds. The largest absolute Gasteiger partial charge is 0.362 e. The fourth-order valence-electron chi connectivity index (χ4n) is 3.52. The quantitative estimate of drug-likeness (QED) is 0.577. The molecule has 1 aromatic carbocycles. The van der Waals surface area contributed by atoms with Crippen LogP contribution in [0.1, 0.15) is 6.92 Å². The highest BCUT2D eigenvalue weighted by Crippen LogP contribution is 2.52. The zero-order valence-corrected chi connectivity index (χ0v) is 10.7. The second-order valence-corrected chi connectivity index (χ2v) is 5.59. The molecule has 0 N–H and O–H groups in total. The number of fused-ring (bicyclic) bond motifs is 5. The van der Waals surface area contributed by atoms with Gasteiger partial charge in [0.05, 0.1) is 29.2 Å². The van der Waals surface area contributed by atoms with Crippen LogP contribution in [-0.4, -0.2) is 23.5 Å². The van der Waals surface area contributed by atoms with Crippen molar-refractivity contribution in [3.8, 4) is 0 Å². The lowest BCUT2D eigenvalue weighted by Gasteiger charge is -2.24. The van der Waals surface area contributed by atoms with Gasteiger partial charge in [-0.25, -0.2) is 9.29 Å². The molecule has 2 fully saturated rings. The van der Waals surface area contributed by atoms with Crippen LogP contribution in [0.4, 0.5) is 10.1 Å². The molecule has 4 nitrogen and oxygen atoms in total. The lowest BCUT2D eigenvalue weighted by molar-refractivity contribution is -0.126. The Morgan fingerprint density at radius 3 is 2.70 bits per heavy atom. The minimum atomic E-state index is -0.748. The SMILES string of the molecule is C[C@@]12C=C[C@@H](O1)[C@H]1C(=O)N(c3ccccc3F)C(=O)[C@H]12. The van der Waals surface area contributed by atoms with E-state index in [1.807, 2.05) is 12.2 Å². The Morgan fingerprint density at radius 1 is 1.25 bits per heavy atom. The molecule has 2 bridgehead atoms. The number of benzene rings is 1. The number of hydrogen-bond acceptors (Lipinski definition) is 3. The first-order valence-corrected chi connectivity index (χ1v) is 6.52. The molecule has 2 saturated heterocycles. The van der Waals surface area contributed by atoms with E-state index < -0.39 is 23.3 Å². The van der Waals surface area contributed by atoms with Crippen LogP contribution in [0.15, 0.2) is 36.4 Å². The highest BCUT2D eigenvalue weighted by molar-refractivity contribution is 6.23. The van der Waals surface area contributed by atoms with Crippen LogP contribution in [0.2, 0.25) is 0 Å². The topological polar surface area (TPSA) is 46.6 Å². The molecule has 20 heavy (non-hydrogen) atoms. The van der Waals surface area contributed by atoms with Crippen molar-refractivity contribution in [1.82, 2.24) is 0 Å². The molecular weight excluding hydrogens is 261 g/mol. The number of nitrogens with zero attached hydrogens (tertiary/aromatic N) is 1. The van der Waals surface area contributed by atoms with E-state index in [1.165, 1.54) is 18.2 Å². The van der Waals surface area contributed by atoms with E-state index in [9.17, 15) is 14.0 Å². The summed E-state index contributed by atoms with van der Waals surface area (Å²) in [5.41, 5.74) is -0.720. The minimum Gasteiger partial charge on any atom is -0.362 e. The van der Waals surface area contributed by atoms with Gasteiger partial charge in [0.25, 0.3) is 0 Å². The summed E-state index contributed by atoms with van der Waals surface area (Å²) in [6, 6.07) is 5.83. The average molecular weight is 273 g/mol. The number of para-hydroxylation sites is 1. The molecular formula is C15H12FNO3. The molecule has 0 spiro atoms. The van der Waals surface area contributed by atoms with Gasteiger partial charge in [-0.15, -0.1) is 0 Å². The third kappa shape index (κ3) is 1.23. The number of anilines is 1. The molecule has 0 unspecified atom stereocenters. The number of amides is 2. The summed E-state index contributed by atoms with van der Waals surface area (Å²) in [5, 5.41) is 0. The molecule has 3 aliphatic heterocycles. The van der Waals surface area contributed by atoms with E-state index in [2.05, 4.69) is 0 Å². The van der Waals surface area contributed by atoms with Gasteiger partial charge in [-0.2, -0.15) is 0 Å². The van der Waals surface area contributed by atoms with Crippen molar-refractivity contribution in [2.45, 2.75) is 18.6 Å². The Labute approximate surface area is 114 Å². The third-order valence-electron chi connectivity index (χ3n) is 4.42. The molecule has 0 aromatic heterocycles. The molecule has 1 aromatic rings. The second-order valence-electron chi connectivity index (χ2n) is 5.59. The maximum Gasteiger partial charge on any atom is 0.241 e. The van der Waals surface area contributed by atoms with Gasteiger partial charge in [-0.05, 0) is 19.1 Å². The first-order valence-electron chi connectivity index (χ1n) is 6.52. The maximum atomic E-state index is 13.9. The van der Waals surface area contributed by atoms with Gasteiger partial charge in [-0.1, -0.05) is 24.3 Å². The van der Waals surface area contributed by atoms with Gasteiger partial charge in [0.1, 0.15) is 5.82 Å². The maximum absolute atomic E-state index is 13.9. The Balaban J connectivity index is 1.82. The van der Waals surface area contributed by atoms with Crippen LogP contribution in [0.5, 0.6) is 0 Å². The third-order valence-corrected chi connectivity index (χ3v) is 4.42. The van der Waals surface area contributed by atoms with Crippen molar-refractivity contribution in [2.75, 3.05) is 4.90 Å². The smallest absolute Gasteiger partial charge is 0.241 e. The van der Waals surface area contributed by atoms with E-state index in [1.54, 1.807) is 13.0 Å². The van der Waals surface area contributed by atoms with E-state index in [-0.39, 0.29) is 23.6 Å². The van der Waals surface area contributed by atoms with Gasteiger partial charge in [0.2, 0.25) is 11.8 Å². The van der Waals surface area contributed by atoms with Gasteiger partial charge in [-0.3, -0.25) is 9.59 Å². The Morgan fingerprint density at radius 2 is 2.00 bits per heavy atom. The van der Waals surface area contributed by atoms with Gasteiger partial charge >= 0.3 is 0 Å². The van der Waals surface area contributed by atoms with Crippen LogP contribution in [0.3, 0.4) is 0 Å². The van der Waals surface area contributed by atoms with Crippen molar-refractivity contribution in [2.24, 2.45) is 11.8 Å². The highest BCUT2D eigenvalue weighted by Gasteiger charge is 2.66. The van der Waals surface area contributed by atoms with E-state index >= 15 is 0 Å². The van der Waals surface area contributed by atoms with Crippen LogP contribution in [0, 0.1) is 17.7 Å². The minimum absolute atomic E-state index is 0.0277. The number of halogens is 1. The highest BCUT2D eigenvalue weighted by atomic mass is 19.1. The van der Waals surface area contributed by atoms with Crippen molar-refractivity contribution < 1.29 is 18.7 Å². The van der Waals surface area contributed by atoms with E-state index in [0.717, 1.165) is 4.90 Å². The Bertz CT molecular complexity index is 671. The van der Waals surface area contributed by atoms with Crippen molar-refractivity contribution >= 4 is 17.5 Å². The molecule has 5 heteroatoms. The van der Waals surface area contributed by atoms with Crippen molar-refractivity contribution in [3.63, 3.8) is 0 Å². The normalized spacial score (nSPS) is 37.9. The van der Waals surface area contributed by atoms with Crippen molar-refractivity contribution in [1.29, 1.82) is 0 Å². The van der Waals surface area contributed by atoms with Crippen molar-refractivity contribution in [3.05, 3.63) is 42.2 Å². The summed E-state index contributed by atoms with van der Waals surface area (Å²) in [4.78, 5) is 26.1. The predicted molar refractivity (Wildman–Crippen MR) is 68.3 cm³/mol. The monoisotopic (exact) mass is 273 g/mol. The number of hydrogen-bond donors (Lipinski definition) is 0. The zero-order valence-electron chi connectivity index (χ0n) is 10.7. The summed E-state index contributed by atoms with van der Waals surface area (Å²) in [5.74, 6) is -2.40. The van der Waals surface area contributed by atoms with Crippen LogP contribution in [-0.2, 0) is 14.3 Å². The standard InChI is InChI=1S/C15H12FNO3/c1-15-7-6-10(20-15)11-12(15)14(19)17(13(11)18)9-5-3-2-4-8(9)16/h2-7,10-12H,1H3/t10-,11-,12+,15+/m1/s1. The number of carbonyl (C=O) groups excluding carboxylic acids is 2. The zero-order chi connectivity index (χ0) is 14.1. The molecule has 4 rings (SSSR count). The van der Waals surface area contributed by atoms with Gasteiger partial charge < -0.3 is 4.74 Å². The van der Waals surface area contributed by atoms with Crippen LogP contribution in [0.25, 0.3) is 0 Å². The molecule has 4 atom stereocenters. The summed E-state index contributed by atoms with van der Waals surface area (Å²) >= 11 is 0. The van der Waals surface area contributed by atoms with E-state index in [0.29, 0.717) is 0 Å². The lowest BCUT2D eigenvalue weighted by atomic mass is 9.78. The Hall–Kier alpha value is -2.01. The summed E-state index contributed by atoms with van der Waals surface area (Å²) in [7, 11) is 0. The molecule has 3 heterocycles. The van der Waals surface area contributed by atoms with Gasteiger partial charge in [0.15, 0.2) is 0 Å². The lowest BCUT2D eigenvalue weighted by Crippen LogP contribution is -2.38. The number of imide groups is 1. The first-order chi connectivity index (χ1) is 9.53. The molecule has 3 aliphatic rings. The van der Waals surface area contributed by atoms with Crippen LogP contribution >= 0.6 is 0 Å². The predicted octanol–water partition coefficient (Wildman–Crippen LogP) is 1.66. The molecule has 0 saturated carbocycles. The summed E-state index contributed by atoms with van der Waals surface area (Å²) < 4.78 is 19.6. The Kier molecular flexibility index (Phi) is 2.09. The average Bonchev–Trinajstić information content (AvgIpc) is 3.01. The number of carbonyl (C=O) groups is 2. The van der Waals surface area contributed by atoms with E-state index in [4.69, 9.17) is 4.74 Å². The van der Waals surface area contributed by atoms with Gasteiger partial charge in [0, 0.05) is 0 Å². The van der Waals surface area contributed by atoms with Crippen LogP contribution < -0.4 is 4.90 Å². The summed E-state index contributed by atoms with van der Waals surface area (Å²) in [6.07, 6.45) is 3.27.